The molecule has 0 unspecified atom stereocenters. The minimum atomic E-state index is -0.467. The number of amides is 1. The summed E-state index contributed by atoms with van der Waals surface area (Å²) in [4.78, 5) is 22.3. The summed E-state index contributed by atoms with van der Waals surface area (Å²) in [6.45, 7) is 8.48. The summed E-state index contributed by atoms with van der Waals surface area (Å²) in [7, 11) is 0. The van der Waals surface area contributed by atoms with Gasteiger partial charge in [0.15, 0.2) is 0 Å². The molecule has 0 spiro atoms. The average Bonchev–Trinajstić information content (AvgIpc) is 3.10. The van der Waals surface area contributed by atoms with Crippen molar-refractivity contribution in [3.05, 3.63) is 48.7 Å². The molecule has 1 aromatic carbocycles. The molecule has 7 heteroatoms. The first-order valence-electron chi connectivity index (χ1n) is 9.73. The third kappa shape index (κ3) is 4.85. The number of thiophene rings is 1. The van der Waals surface area contributed by atoms with Crippen LogP contribution in [0, 0.1) is 0 Å². The van der Waals surface area contributed by atoms with E-state index in [9.17, 15) is 4.79 Å². The molecule has 152 valence electrons. The van der Waals surface area contributed by atoms with E-state index < -0.39 is 5.60 Å². The summed E-state index contributed by atoms with van der Waals surface area (Å²) in [5.41, 5.74) is -0.467. The number of ether oxygens (including phenoxy) is 1. The van der Waals surface area contributed by atoms with Crippen LogP contribution in [0.4, 0.5) is 10.6 Å². The number of nitrogens with zero attached hydrogens (tertiary/aromatic N) is 3. The number of hydrogen-bond acceptors (Lipinski definition) is 6. The predicted octanol–water partition coefficient (Wildman–Crippen LogP) is 5.50. The molecule has 0 radical (unpaired) electrons. The maximum Gasteiger partial charge on any atom is 0.410 e. The first-order valence-corrected chi connectivity index (χ1v) is 11.4. The van der Waals surface area contributed by atoms with E-state index in [1.165, 1.54) is 19.2 Å². The Morgan fingerprint density at radius 3 is 2.52 bits per heavy atom. The van der Waals surface area contributed by atoms with Gasteiger partial charge in [0.25, 0.3) is 0 Å². The van der Waals surface area contributed by atoms with Gasteiger partial charge < -0.3 is 14.5 Å². The molecule has 0 atom stereocenters. The summed E-state index contributed by atoms with van der Waals surface area (Å²) in [5.74, 6) is 1.00. The van der Waals surface area contributed by atoms with E-state index in [2.05, 4.69) is 46.3 Å². The van der Waals surface area contributed by atoms with E-state index in [0.717, 1.165) is 18.9 Å². The summed E-state index contributed by atoms with van der Waals surface area (Å²) >= 11 is 3.57. The summed E-state index contributed by atoms with van der Waals surface area (Å²) in [6, 6.07) is 14.7. The van der Waals surface area contributed by atoms with Gasteiger partial charge in [-0.15, -0.1) is 11.3 Å². The highest BCUT2D eigenvalue weighted by Gasteiger charge is 2.27. The van der Waals surface area contributed by atoms with Gasteiger partial charge >= 0.3 is 6.09 Å². The van der Waals surface area contributed by atoms with Gasteiger partial charge in [-0.25, -0.2) is 9.78 Å². The quantitative estimate of drug-likeness (QED) is 0.552. The highest BCUT2D eigenvalue weighted by molar-refractivity contribution is 8.01. The molecule has 29 heavy (non-hydrogen) atoms. The predicted molar refractivity (Wildman–Crippen MR) is 120 cm³/mol. The molecule has 1 aliphatic heterocycles. The molecule has 4 rings (SSSR count). The molecule has 0 bridgehead atoms. The fourth-order valence-electron chi connectivity index (χ4n) is 3.26. The largest absolute Gasteiger partial charge is 0.444 e. The zero-order valence-corrected chi connectivity index (χ0v) is 18.6. The van der Waals surface area contributed by atoms with Crippen LogP contribution in [0.5, 0.6) is 0 Å². The van der Waals surface area contributed by atoms with Crippen molar-refractivity contribution in [2.75, 3.05) is 31.1 Å². The van der Waals surface area contributed by atoms with Crippen molar-refractivity contribution >= 4 is 45.1 Å². The lowest BCUT2D eigenvalue weighted by Gasteiger charge is -2.36. The normalized spacial score (nSPS) is 15.0. The number of benzene rings is 1. The van der Waals surface area contributed by atoms with Crippen LogP contribution in [0.2, 0.25) is 0 Å². The molecule has 2 aromatic heterocycles. The van der Waals surface area contributed by atoms with Gasteiger partial charge in [-0.05, 0) is 45.0 Å². The van der Waals surface area contributed by atoms with Crippen molar-refractivity contribution < 1.29 is 9.53 Å². The summed E-state index contributed by atoms with van der Waals surface area (Å²) in [5, 5.41) is 1.18. The standard InChI is InChI=1S/C22H25N3O2S2/c1-22(2,3)27-21(26)25-13-11-24(12-14-25)20-17-15-19(29-18(17)9-10-23-20)28-16-7-5-4-6-8-16/h4-10,15H,11-14H2,1-3H3. The van der Waals surface area contributed by atoms with Crippen molar-refractivity contribution in [3.63, 3.8) is 0 Å². The molecule has 3 aromatic rings. The zero-order chi connectivity index (χ0) is 20.4. The topological polar surface area (TPSA) is 45.7 Å². The van der Waals surface area contributed by atoms with Crippen molar-refractivity contribution in [1.82, 2.24) is 9.88 Å². The molecule has 3 heterocycles. The van der Waals surface area contributed by atoms with Crippen LogP contribution in [0.1, 0.15) is 20.8 Å². The van der Waals surface area contributed by atoms with Gasteiger partial charge in [0.1, 0.15) is 11.4 Å². The molecule has 1 aliphatic rings. The molecular formula is C22H25N3O2S2. The molecular weight excluding hydrogens is 402 g/mol. The van der Waals surface area contributed by atoms with E-state index in [0.29, 0.717) is 13.1 Å². The van der Waals surface area contributed by atoms with Gasteiger partial charge in [-0.2, -0.15) is 0 Å². The molecule has 1 saturated heterocycles. The van der Waals surface area contributed by atoms with Gasteiger partial charge in [-0.3, -0.25) is 0 Å². The molecule has 0 saturated carbocycles. The van der Waals surface area contributed by atoms with Crippen molar-refractivity contribution in [2.24, 2.45) is 0 Å². The Bertz CT molecular complexity index is 990. The van der Waals surface area contributed by atoms with E-state index >= 15 is 0 Å². The molecule has 5 nitrogen and oxygen atoms in total. The number of anilines is 1. The number of aromatic nitrogens is 1. The molecule has 1 fully saturated rings. The van der Waals surface area contributed by atoms with Gasteiger partial charge in [0.2, 0.25) is 0 Å². The van der Waals surface area contributed by atoms with Crippen LogP contribution >= 0.6 is 23.1 Å². The lowest BCUT2D eigenvalue weighted by molar-refractivity contribution is 0.0240. The molecule has 0 N–H and O–H groups in total. The van der Waals surface area contributed by atoms with Crippen molar-refractivity contribution in [3.8, 4) is 0 Å². The fourth-order valence-corrected chi connectivity index (χ4v) is 5.47. The fraction of sp³-hybridized carbons (Fsp3) is 0.364. The van der Waals surface area contributed by atoms with Crippen LogP contribution in [-0.4, -0.2) is 47.8 Å². The summed E-state index contributed by atoms with van der Waals surface area (Å²) < 4.78 is 8.00. The number of rotatable bonds is 3. The lowest BCUT2D eigenvalue weighted by atomic mass is 10.2. The number of piperazine rings is 1. The van der Waals surface area contributed by atoms with E-state index in [1.54, 1.807) is 28.0 Å². The van der Waals surface area contributed by atoms with Gasteiger partial charge in [0, 0.05) is 47.4 Å². The zero-order valence-electron chi connectivity index (χ0n) is 16.9. The van der Waals surface area contributed by atoms with E-state index in [1.807, 2.05) is 33.0 Å². The Morgan fingerprint density at radius 1 is 1.10 bits per heavy atom. The van der Waals surface area contributed by atoms with Crippen molar-refractivity contribution in [2.45, 2.75) is 35.5 Å². The Hall–Kier alpha value is -2.25. The highest BCUT2D eigenvalue weighted by Crippen LogP contribution is 2.39. The van der Waals surface area contributed by atoms with Crippen LogP contribution in [0.25, 0.3) is 10.1 Å². The average molecular weight is 428 g/mol. The van der Waals surface area contributed by atoms with E-state index in [-0.39, 0.29) is 6.09 Å². The SMILES string of the molecule is CC(C)(C)OC(=O)N1CCN(c2nccc3sc(Sc4ccccc4)cc23)CC1. The Kier molecular flexibility index (Phi) is 5.69. The van der Waals surface area contributed by atoms with Gasteiger partial charge in [0.05, 0.1) is 4.21 Å². The molecule has 0 aliphatic carbocycles. The molecule has 1 amide bonds. The van der Waals surface area contributed by atoms with E-state index in [4.69, 9.17) is 4.74 Å². The second-order valence-corrected chi connectivity index (χ2v) is 10.4. The maximum atomic E-state index is 12.3. The van der Waals surface area contributed by atoms with Crippen molar-refractivity contribution in [1.29, 1.82) is 0 Å². The minimum absolute atomic E-state index is 0.236. The second kappa shape index (κ2) is 8.24. The number of fused-ring (bicyclic) bond motifs is 1. The number of carbonyl (C=O) groups is 1. The summed E-state index contributed by atoms with van der Waals surface area (Å²) in [6.07, 6.45) is 1.64. The maximum absolute atomic E-state index is 12.3. The second-order valence-electron chi connectivity index (χ2n) is 7.98. The highest BCUT2D eigenvalue weighted by atomic mass is 32.2. The minimum Gasteiger partial charge on any atom is -0.444 e. The van der Waals surface area contributed by atoms with Gasteiger partial charge in [-0.1, -0.05) is 30.0 Å². The van der Waals surface area contributed by atoms with Crippen LogP contribution in [-0.2, 0) is 4.74 Å². The Morgan fingerprint density at radius 2 is 1.83 bits per heavy atom. The smallest absolute Gasteiger partial charge is 0.410 e. The first-order chi connectivity index (χ1) is 13.9. The third-order valence-electron chi connectivity index (χ3n) is 4.59. The third-order valence-corrected chi connectivity index (χ3v) is 6.82. The number of hydrogen-bond donors (Lipinski definition) is 0. The lowest BCUT2D eigenvalue weighted by Crippen LogP contribution is -2.50. The number of carbonyl (C=O) groups excluding carboxylic acids is 1. The van der Waals surface area contributed by atoms with Crippen LogP contribution in [0.3, 0.4) is 0 Å². The monoisotopic (exact) mass is 427 g/mol. The number of pyridine rings is 1. The Labute approximate surface area is 179 Å². The van der Waals surface area contributed by atoms with Crippen LogP contribution in [0.15, 0.2) is 57.8 Å². The first kappa shape index (κ1) is 20.0. The Balaban J connectivity index is 1.48. The van der Waals surface area contributed by atoms with Crippen LogP contribution < -0.4 is 4.90 Å².